The number of benzene rings is 3. The third-order valence-corrected chi connectivity index (χ3v) is 4.23. The van der Waals surface area contributed by atoms with Gasteiger partial charge < -0.3 is 19.7 Å². The predicted octanol–water partition coefficient (Wildman–Crippen LogP) is 4.62. The van der Waals surface area contributed by atoms with Crippen LogP contribution in [-0.2, 0) is 0 Å². The molecule has 0 saturated carbocycles. The molecule has 0 aliphatic heterocycles. The lowest BCUT2D eigenvalue weighted by Crippen LogP contribution is -1.99. The van der Waals surface area contributed by atoms with Gasteiger partial charge in [0.15, 0.2) is 0 Å². The van der Waals surface area contributed by atoms with Gasteiger partial charge in [-0.2, -0.15) is 0 Å². The zero-order chi connectivity index (χ0) is 18.5. The lowest BCUT2D eigenvalue weighted by atomic mass is 10.0. The lowest BCUT2D eigenvalue weighted by Gasteiger charge is -2.13. The molecule has 134 valence electrons. The van der Waals surface area contributed by atoms with Crippen LogP contribution >= 0.6 is 0 Å². The Bertz CT molecular complexity index is 822. The second-order valence-corrected chi connectivity index (χ2v) is 6.09. The van der Waals surface area contributed by atoms with Crippen molar-refractivity contribution in [3.05, 3.63) is 89.5 Å². The minimum atomic E-state index is -0.708. The Hall–Kier alpha value is -2.82. The molecule has 0 spiro atoms. The number of ether oxygens (including phenoxy) is 2. The summed E-state index contributed by atoms with van der Waals surface area (Å²) in [4.78, 5) is 0. The first-order chi connectivity index (χ1) is 12.6. The van der Waals surface area contributed by atoms with Crippen LogP contribution in [0.1, 0.15) is 35.8 Å². The number of rotatable bonds is 6. The molecule has 3 aromatic carbocycles. The fourth-order valence-electron chi connectivity index (χ4n) is 2.65. The summed E-state index contributed by atoms with van der Waals surface area (Å²) in [5.74, 6) is 2.13. The third kappa shape index (κ3) is 4.23. The maximum absolute atomic E-state index is 10.5. The Morgan fingerprint density at radius 2 is 1.00 bits per heavy atom. The van der Waals surface area contributed by atoms with Crippen molar-refractivity contribution in [3.63, 3.8) is 0 Å². The summed E-state index contributed by atoms with van der Waals surface area (Å²) >= 11 is 0. The quantitative estimate of drug-likeness (QED) is 0.681. The smallest absolute Gasteiger partial charge is 0.127 e. The van der Waals surface area contributed by atoms with Crippen molar-refractivity contribution < 1.29 is 19.7 Å². The van der Waals surface area contributed by atoms with Crippen molar-refractivity contribution in [2.75, 3.05) is 7.11 Å². The molecule has 4 heteroatoms. The van der Waals surface area contributed by atoms with Gasteiger partial charge in [-0.3, -0.25) is 0 Å². The first-order valence-electron chi connectivity index (χ1n) is 8.44. The van der Waals surface area contributed by atoms with Crippen LogP contribution in [0.5, 0.6) is 17.2 Å². The van der Waals surface area contributed by atoms with E-state index < -0.39 is 12.2 Å². The molecule has 3 aromatic rings. The Morgan fingerprint density at radius 1 is 0.615 bits per heavy atom. The molecule has 0 radical (unpaired) electrons. The van der Waals surface area contributed by atoms with Crippen LogP contribution in [0.2, 0.25) is 0 Å². The molecule has 0 heterocycles. The number of aliphatic hydroxyl groups excluding tert-OH is 2. The van der Waals surface area contributed by atoms with E-state index in [2.05, 4.69) is 0 Å². The van der Waals surface area contributed by atoms with E-state index in [-0.39, 0.29) is 0 Å². The molecule has 2 unspecified atom stereocenters. The Kier molecular flexibility index (Phi) is 5.56. The highest BCUT2D eigenvalue weighted by molar-refractivity contribution is 5.38. The van der Waals surface area contributed by atoms with Gasteiger partial charge in [0.05, 0.1) is 13.2 Å². The molecule has 0 saturated heterocycles. The van der Waals surface area contributed by atoms with Gasteiger partial charge in [0.1, 0.15) is 23.4 Å². The molecule has 26 heavy (non-hydrogen) atoms. The summed E-state index contributed by atoms with van der Waals surface area (Å²) in [6.07, 6.45) is -1.21. The summed E-state index contributed by atoms with van der Waals surface area (Å²) in [7, 11) is 1.61. The molecule has 4 nitrogen and oxygen atoms in total. The zero-order valence-electron chi connectivity index (χ0n) is 14.8. The van der Waals surface area contributed by atoms with E-state index >= 15 is 0 Å². The second-order valence-electron chi connectivity index (χ2n) is 6.09. The van der Waals surface area contributed by atoms with Crippen LogP contribution in [0, 0.1) is 0 Å². The van der Waals surface area contributed by atoms with Crippen LogP contribution in [0.15, 0.2) is 72.8 Å². The molecule has 3 rings (SSSR count). The molecule has 0 aromatic heterocycles. The van der Waals surface area contributed by atoms with Gasteiger partial charge >= 0.3 is 0 Å². The van der Waals surface area contributed by atoms with E-state index in [4.69, 9.17) is 9.47 Å². The molecule has 0 amide bonds. The normalized spacial score (nSPS) is 13.1. The van der Waals surface area contributed by atoms with Crippen molar-refractivity contribution in [3.8, 4) is 17.2 Å². The number of methoxy groups -OCH3 is 1. The minimum absolute atomic E-state index is 0.497. The molecule has 0 fully saturated rings. The highest BCUT2D eigenvalue weighted by Crippen LogP contribution is 2.28. The summed E-state index contributed by atoms with van der Waals surface area (Å²) < 4.78 is 10.9. The molecule has 2 atom stereocenters. The molecular formula is C22H22O4. The van der Waals surface area contributed by atoms with Crippen LogP contribution in [0.3, 0.4) is 0 Å². The van der Waals surface area contributed by atoms with Crippen LogP contribution in [0.25, 0.3) is 0 Å². The van der Waals surface area contributed by atoms with E-state index in [1.807, 2.05) is 72.8 Å². The van der Waals surface area contributed by atoms with Crippen molar-refractivity contribution >= 4 is 0 Å². The van der Waals surface area contributed by atoms with E-state index in [1.165, 1.54) is 0 Å². The summed E-state index contributed by atoms with van der Waals surface area (Å²) in [6.45, 7) is 1.72. The second kappa shape index (κ2) is 8.04. The van der Waals surface area contributed by atoms with E-state index in [9.17, 15) is 10.2 Å². The van der Waals surface area contributed by atoms with Gasteiger partial charge in [-0.1, -0.05) is 36.4 Å². The summed E-state index contributed by atoms with van der Waals surface area (Å²) in [5.41, 5.74) is 2.43. The van der Waals surface area contributed by atoms with Crippen LogP contribution in [-0.4, -0.2) is 17.3 Å². The van der Waals surface area contributed by atoms with Crippen molar-refractivity contribution in [1.82, 2.24) is 0 Å². The average molecular weight is 350 g/mol. The van der Waals surface area contributed by atoms with Gasteiger partial charge in [0.25, 0.3) is 0 Å². The topological polar surface area (TPSA) is 58.9 Å². The van der Waals surface area contributed by atoms with E-state index in [1.54, 1.807) is 14.0 Å². The highest BCUT2D eigenvalue weighted by atomic mass is 16.5. The summed E-state index contributed by atoms with van der Waals surface area (Å²) in [6, 6.07) is 22.0. The predicted molar refractivity (Wildman–Crippen MR) is 101 cm³/mol. The highest BCUT2D eigenvalue weighted by Gasteiger charge is 2.11. The Morgan fingerprint density at radius 3 is 1.38 bits per heavy atom. The number of hydrogen-bond acceptors (Lipinski definition) is 4. The van der Waals surface area contributed by atoms with Crippen molar-refractivity contribution in [1.29, 1.82) is 0 Å². The van der Waals surface area contributed by atoms with Gasteiger partial charge in [-0.25, -0.2) is 0 Å². The first kappa shape index (κ1) is 18.0. The van der Waals surface area contributed by atoms with E-state index in [0.29, 0.717) is 11.5 Å². The SMILES string of the molecule is COc1ccc(C(O)c2ccc(Oc3ccc(C(C)O)cc3)cc2)cc1. The van der Waals surface area contributed by atoms with Gasteiger partial charge in [0, 0.05) is 0 Å². The number of hydrogen-bond donors (Lipinski definition) is 2. The molecule has 2 N–H and O–H groups in total. The van der Waals surface area contributed by atoms with Crippen LogP contribution < -0.4 is 9.47 Å². The third-order valence-electron chi connectivity index (χ3n) is 4.23. The molecule has 0 aliphatic rings. The first-order valence-corrected chi connectivity index (χ1v) is 8.44. The maximum Gasteiger partial charge on any atom is 0.127 e. The largest absolute Gasteiger partial charge is 0.497 e. The molecule has 0 aliphatic carbocycles. The summed E-state index contributed by atoms with van der Waals surface area (Å²) in [5, 5.41) is 20.1. The average Bonchev–Trinajstić information content (AvgIpc) is 2.68. The van der Waals surface area contributed by atoms with E-state index in [0.717, 1.165) is 22.4 Å². The Balaban J connectivity index is 1.69. The van der Waals surface area contributed by atoms with Gasteiger partial charge in [0.2, 0.25) is 0 Å². The molecule has 0 bridgehead atoms. The standard InChI is InChI=1S/C22H22O4/c1-15(23)16-3-11-20(12-4-16)26-21-13-7-18(8-14-21)22(24)17-5-9-19(25-2)10-6-17/h3-15,22-24H,1-2H3. The van der Waals surface area contributed by atoms with Gasteiger partial charge in [-0.05, 0) is 60.0 Å². The lowest BCUT2D eigenvalue weighted by molar-refractivity contribution is 0.199. The maximum atomic E-state index is 10.5. The van der Waals surface area contributed by atoms with Crippen LogP contribution in [0.4, 0.5) is 0 Å². The zero-order valence-corrected chi connectivity index (χ0v) is 14.8. The van der Waals surface area contributed by atoms with Gasteiger partial charge in [-0.15, -0.1) is 0 Å². The van der Waals surface area contributed by atoms with Crippen molar-refractivity contribution in [2.45, 2.75) is 19.1 Å². The molecular weight excluding hydrogens is 328 g/mol. The number of aliphatic hydroxyl groups is 2. The Labute approximate surface area is 153 Å². The minimum Gasteiger partial charge on any atom is -0.497 e. The monoisotopic (exact) mass is 350 g/mol. The fourth-order valence-corrected chi connectivity index (χ4v) is 2.65. The fraction of sp³-hybridized carbons (Fsp3) is 0.182. The van der Waals surface area contributed by atoms with Crippen molar-refractivity contribution in [2.24, 2.45) is 0 Å².